The number of hydrogen-bond donors (Lipinski definition) is 0. The van der Waals surface area contributed by atoms with Crippen molar-refractivity contribution in [3.8, 4) is 11.8 Å². The van der Waals surface area contributed by atoms with Gasteiger partial charge < -0.3 is 4.74 Å². The highest BCUT2D eigenvalue weighted by Gasteiger charge is 2.06. The minimum atomic E-state index is 0.0297. The van der Waals surface area contributed by atoms with Crippen molar-refractivity contribution < 1.29 is 4.74 Å². The van der Waals surface area contributed by atoms with Gasteiger partial charge in [-0.1, -0.05) is 13.0 Å². The molecule has 0 aliphatic rings. The minimum Gasteiger partial charge on any atom is -0.497 e. The minimum absolute atomic E-state index is 0.0297. The third-order valence-electron chi connectivity index (χ3n) is 1.83. The summed E-state index contributed by atoms with van der Waals surface area (Å²) in [6, 6.07) is 10.0. The van der Waals surface area contributed by atoms with E-state index in [9.17, 15) is 0 Å². The van der Waals surface area contributed by atoms with Crippen molar-refractivity contribution in [3.05, 3.63) is 24.3 Å². The second kappa shape index (κ2) is 5.56. The number of nitrogens with zero attached hydrogens (tertiary/aromatic N) is 1. The van der Waals surface area contributed by atoms with Crippen LogP contribution in [-0.2, 0) is 0 Å². The summed E-state index contributed by atoms with van der Waals surface area (Å²) in [6.07, 6.45) is 0.860. The summed E-state index contributed by atoms with van der Waals surface area (Å²) >= 11 is 1.58. The highest BCUT2D eigenvalue weighted by atomic mass is 32.2. The van der Waals surface area contributed by atoms with Gasteiger partial charge in [-0.2, -0.15) is 5.26 Å². The van der Waals surface area contributed by atoms with E-state index in [-0.39, 0.29) is 5.25 Å². The average molecular weight is 207 g/mol. The van der Waals surface area contributed by atoms with E-state index in [0.29, 0.717) is 0 Å². The molecule has 14 heavy (non-hydrogen) atoms. The summed E-state index contributed by atoms with van der Waals surface area (Å²) in [4.78, 5) is 1.08. The number of nitriles is 1. The molecule has 1 aromatic carbocycles. The van der Waals surface area contributed by atoms with Crippen molar-refractivity contribution >= 4 is 11.8 Å². The highest BCUT2D eigenvalue weighted by molar-refractivity contribution is 8.00. The number of ether oxygens (including phenoxy) is 1. The summed E-state index contributed by atoms with van der Waals surface area (Å²) in [6.45, 7) is 2.01. The second-order valence-electron chi connectivity index (χ2n) is 2.82. The van der Waals surface area contributed by atoms with Crippen molar-refractivity contribution in [1.82, 2.24) is 0 Å². The van der Waals surface area contributed by atoms with Crippen LogP contribution in [0.2, 0.25) is 0 Å². The van der Waals surface area contributed by atoms with Crippen molar-refractivity contribution in [2.45, 2.75) is 23.5 Å². The molecule has 0 aromatic heterocycles. The van der Waals surface area contributed by atoms with Crippen LogP contribution in [0.3, 0.4) is 0 Å². The summed E-state index contributed by atoms with van der Waals surface area (Å²) < 4.78 is 5.11. The lowest BCUT2D eigenvalue weighted by atomic mass is 10.3. The molecule has 0 spiro atoms. The van der Waals surface area contributed by atoms with Crippen LogP contribution in [0.15, 0.2) is 29.2 Å². The predicted octanol–water partition coefficient (Wildman–Crippen LogP) is 3.09. The first-order valence-electron chi connectivity index (χ1n) is 4.50. The van der Waals surface area contributed by atoms with E-state index in [1.807, 2.05) is 31.2 Å². The molecule has 0 bridgehead atoms. The van der Waals surface area contributed by atoms with E-state index in [1.54, 1.807) is 18.9 Å². The Kier molecular flexibility index (Phi) is 4.34. The van der Waals surface area contributed by atoms with Gasteiger partial charge in [0.25, 0.3) is 0 Å². The molecule has 0 N–H and O–H groups in total. The van der Waals surface area contributed by atoms with E-state index >= 15 is 0 Å². The first-order chi connectivity index (χ1) is 6.80. The first kappa shape index (κ1) is 10.9. The number of thioether (sulfide) groups is 1. The Hall–Kier alpha value is -1.14. The van der Waals surface area contributed by atoms with Gasteiger partial charge >= 0.3 is 0 Å². The van der Waals surface area contributed by atoms with Gasteiger partial charge in [0.05, 0.1) is 18.4 Å². The lowest BCUT2D eigenvalue weighted by molar-refractivity contribution is 0.413. The SMILES string of the molecule is CCC(C#N)Sc1cccc(OC)c1. The molecule has 0 heterocycles. The van der Waals surface area contributed by atoms with Crippen LogP contribution in [0.4, 0.5) is 0 Å². The maximum atomic E-state index is 8.81. The molecule has 0 saturated heterocycles. The Morgan fingerprint density at radius 3 is 2.93 bits per heavy atom. The summed E-state index contributed by atoms with van der Waals surface area (Å²) in [5.41, 5.74) is 0. The Labute approximate surface area is 88.9 Å². The molecular weight excluding hydrogens is 194 g/mol. The topological polar surface area (TPSA) is 33.0 Å². The second-order valence-corrected chi connectivity index (χ2v) is 4.10. The summed E-state index contributed by atoms with van der Waals surface area (Å²) in [5, 5.41) is 8.84. The van der Waals surface area contributed by atoms with Crippen LogP contribution in [0.5, 0.6) is 5.75 Å². The van der Waals surface area contributed by atoms with Crippen LogP contribution in [0, 0.1) is 11.3 Å². The van der Waals surface area contributed by atoms with Gasteiger partial charge in [-0.3, -0.25) is 0 Å². The standard InChI is InChI=1S/C11H13NOS/c1-3-10(8-12)14-11-6-4-5-9(7-11)13-2/h4-7,10H,3H2,1-2H3. The zero-order chi connectivity index (χ0) is 10.4. The molecule has 3 heteroatoms. The van der Waals surface area contributed by atoms with Crippen molar-refractivity contribution in [2.75, 3.05) is 7.11 Å². The van der Waals surface area contributed by atoms with Crippen LogP contribution in [0.25, 0.3) is 0 Å². The maximum Gasteiger partial charge on any atom is 0.119 e. The number of hydrogen-bond acceptors (Lipinski definition) is 3. The van der Waals surface area contributed by atoms with Crippen LogP contribution < -0.4 is 4.74 Å². The molecule has 0 radical (unpaired) electrons. The third kappa shape index (κ3) is 2.97. The van der Waals surface area contributed by atoms with E-state index in [2.05, 4.69) is 6.07 Å². The zero-order valence-electron chi connectivity index (χ0n) is 8.36. The maximum absolute atomic E-state index is 8.81. The first-order valence-corrected chi connectivity index (χ1v) is 5.38. The van der Waals surface area contributed by atoms with Crippen molar-refractivity contribution in [1.29, 1.82) is 5.26 Å². The molecule has 2 nitrogen and oxygen atoms in total. The average Bonchev–Trinajstić information content (AvgIpc) is 2.26. The Balaban J connectivity index is 2.71. The molecular formula is C11H13NOS. The van der Waals surface area contributed by atoms with Gasteiger partial charge in [0, 0.05) is 4.90 Å². The van der Waals surface area contributed by atoms with E-state index in [1.165, 1.54) is 0 Å². The van der Waals surface area contributed by atoms with Crippen LogP contribution in [-0.4, -0.2) is 12.4 Å². The Morgan fingerprint density at radius 1 is 1.57 bits per heavy atom. The molecule has 0 aliphatic heterocycles. The zero-order valence-corrected chi connectivity index (χ0v) is 9.17. The van der Waals surface area contributed by atoms with Crippen molar-refractivity contribution in [3.63, 3.8) is 0 Å². The van der Waals surface area contributed by atoms with Gasteiger partial charge in [0.2, 0.25) is 0 Å². The van der Waals surface area contributed by atoms with Gasteiger partial charge in [0.1, 0.15) is 5.75 Å². The third-order valence-corrected chi connectivity index (χ3v) is 3.08. The van der Waals surface area contributed by atoms with Gasteiger partial charge in [0.15, 0.2) is 0 Å². The molecule has 74 valence electrons. The largest absolute Gasteiger partial charge is 0.497 e. The normalized spacial score (nSPS) is 11.8. The monoisotopic (exact) mass is 207 g/mol. The molecule has 1 rings (SSSR count). The predicted molar refractivity (Wildman–Crippen MR) is 58.5 cm³/mol. The molecule has 1 atom stereocenters. The quantitative estimate of drug-likeness (QED) is 0.711. The smallest absolute Gasteiger partial charge is 0.119 e. The fraction of sp³-hybridized carbons (Fsp3) is 0.364. The van der Waals surface area contributed by atoms with Crippen LogP contribution in [0.1, 0.15) is 13.3 Å². The van der Waals surface area contributed by atoms with Crippen LogP contribution >= 0.6 is 11.8 Å². The molecule has 1 aromatic rings. The number of rotatable bonds is 4. The van der Waals surface area contributed by atoms with E-state index in [0.717, 1.165) is 17.1 Å². The van der Waals surface area contributed by atoms with Gasteiger partial charge in [-0.05, 0) is 24.6 Å². The molecule has 0 aliphatic carbocycles. The Bertz CT molecular complexity index is 332. The van der Waals surface area contributed by atoms with Crippen molar-refractivity contribution in [2.24, 2.45) is 0 Å². The molecule has 0 saturated carbocycles. The lowest BCUT2D eigenvalue weighted by Crippen LogP contribution is -1.95. The fourth-order valence-corrected chi connectivity index (χ4v) is 1.93. The summed E-state index contributed by atoms with van der Waals surface area (Å²) in [5.74, 6) is 0.836. The molecule has 0 fully saturated rings. The van der Waals surface area contributed by atoms with E-state index < -0.39 is 0 Å². The van der Waals surface area contributed by atoms with Gasteiger partial charge in [-0.15, -0.1) is 11.8 Å². The molecule has 1 unspecified atom stereocenters. The summed E-state index contributed by atoms with van der Waals surface area (Å²) in [7, 11) is 1.64. The number of methoxy groups -OCH3 is 1. The molecule has 0 amide bonds. The highest BCUT2D eigenvalue weighted by Crippen LogP contribution is 2.27. The van der Waals surface area contributed by atoms with Gasteiger partial charge in [-0.25, -0.2) is 0 Å². The lowest BCUT2D eigenvalue weighted by Gasteiger charge is -2.06. The Morgan fingerprint density at radius 2 is 2.36 bits per heavy atom. The van der Waals surface area contributed by atoms with E-state index in [4.69, 9.17) is 10.00 Å². The fourth-order valence-electron chi connectivity index (χ4n) is 1.04. The number of benzene rings is 1.